The first-order chi connectivity index (χ1) is 9.15. The van der Waals surface area contributed by atoms with Gasteiger partial charge in [-0.15, -0.1) is 0 Å². The van der Waals surface area contributed by atoms with E-state index in [1.165, 1.54) is 18.1 Å². The molecule has 0 heterocycles. The zero-order valence-corrected chi connectivity index (χ0v) is 11.3. The lowest BCUT2D eigenvalue weighted by Gasteiger charge is -2.17. The summed E-state index contributed by atoms with van der Waals surface area (Å²) in [6, 6.07) is 18.2. The van der Waals surface area contributed by atoms with Crippen molar-refractivity contribution in [2.45, 2.75) is 26.4 Å². The molecule has 0 saturated heterocycles. The van der Waals surface area contributed by atoms with Crippen LogP contribution in [-0.2, 0) is 16.0 Å². The molecule has 0 aliphatic heterocycles. The molecule has 0 aliphatic carbocycles. The fraction of sp³-hybridized carbons (Fsp3) is 0.235. The molecule has 0 spiro atoms. The van der Waals surface area contributed by atoms with Crippen LogP contribution in [0.4, 0.5) is 0 Å². The summed E-state index contributed by atoms with van der Waals surface area (Å²) in [4.78, 5) is 11.2. The Bertz CT molecular complexity index is 529. The molecule has 0 radical (unpaired) electrons. The maximum absolute atomic E-state index is 11.2. The van der Waals surface area contributed by atoms with Crippen molar-refractivity contribution in [2.24, 2.45) is 0 Å². The van der Waals surface area contributed by atoms with E-state index in [0.29, 0.717) is 6.42 Å². The summed E-state index contributed by atoms with van der Waals surface area (Å²) in [6.45, 7) is 3.51. The summed E-state index contributed by atoms with van der Waals surface area (Å²) in [5, 5.41) is 0. The quantitative estimate of drug-likeness (QED) is 0.775. The zero-order chi connectivity index (χ0) is 13.7. The van der Waals surface area contributed by atoms with E-state index in [2.05, 4.69) is 31.2 Å². The van der Waals surface area contributed by atoms with Crippen LogP contribution in [-0.4, -0.2) is 5.97 Å². The number of rotatable bonds is 4. The van der Waals surface area contributed by atoms with Crippen LogP contribution >= 0.6 is 0 Å². The lowest BCUT2D eigenvalue weighted by molar-refractivity contribution is -0.146. The zero-order valence-electron chi connectivity index (χ0n) is 11.3. The molecule has 0 N–H and O–H groups in total. The first-order valence-electron chi connectivity index (χ1n) is 6.43. The van der Waals surface area contributed by atoms with Crippen molar-refractivity contribution in [3.63, 3.8) is 0 Å². The van der Waals surface area contributed by atoms with Gasteiger partial charge in [-0.25, -0.2) is 0 Å². The van der Waals surface area contributed by atoms with Crippen molar-refractivity contribution < 1.29 is 9.53 Å². The van der Waals surface area contributed by atoms with Gasteiger partial charge in [0.1, 0.15) is 6.10 Å². The molecule has 0 amide bonds. The third kappa shape index (κ3) is 3.95. The highest BCUT2D eigenvalue weighted by atomic mass is 16.5. The molecule has 2 heteroatoms. The topological polar surface area (TPSA) is 26.3 Å². The van der Waals surface area contributed by atoms with E-state index in [9.17, 15) is 4.79 Å². The molecule has 0 aliphatic rings. The average molecular weight is 254 g/mol. The molecule has 1 atom stereocenters. The minimum Gasteiger partial charge on any atom is -0.457 e. The molecule has 0 saturated carbocycles. The first-order valence-corrected chi connectivity index (χ1v) is 6.43. The number of carbonyl (C=O) groups is 1. The third-order valence-corrected chi connectivity index (χ3v) is 3.02. The Morgan fingerprint density at radius 3 is 2.26 bits per heavy atom. The van der Waals surface area contributed by atoms with Gasteiger partial charge in [-0.1, -0.05) is 60.2 Å². The van der Waals surface area contributed by atoms with Crippen molar-refractivity contribution in [3.8, 4) is 0 Å². The molecule has 2 rings (SSSR count). The van der Waals surface area contributed by atoms with Crippen LogP contribution in [0.5, 0.6) is 0 Å². The number of hydrogen-bond donors (Lipinski definition) is 0. The third-order valence-electron chi connectivity index (χ3n) is 3.02. The van der Waals surface area contributed by atoms with Crippen LogP contribution in [0.1, 0.15) is 29.7 Å². The lowest BCUT2D eigenvalue weighted by Crippen LogP contribution is -2.11. The van der Waals surface area contributed by atoms with Gasteiger partial charge in [-0.2, -0.15) is 0 Å². The molecule has 0 aromatic heterocycles. The van der Waals surface area contributed by atoms with Crippen LogP contribution < -0.4 is 0 Å². The van der Waals surface area contributed by atoms with Crippen LogP contribution in [0.3, 0.4) is 0 Å². The second kappa shape index (κ2) is 6.19. The summed E-state index contributed by atoms with van der Waals surface area (Å²) in [6.07, 6.45) is 0.477. The maximum atomic E-state index is 11.2. The number of carbonyl (C=O) groups excluding carboxylic acids is 1. The first kappa shape index (κ1) is 13.3. The molecule has 2 aromatic carbocycles. The van der Waals surface area contributed by atoms with E-state index in [1.54, 1.807) is 0 Å². The van der Waals surface area contributed by atoms with Crippen molar-refractivity contribution in [1.29, 1.82) is 0 Å². The summed E-state index contributed by atoms with van der Waals surface area (Å²) in [7, 11) is 0. The fourth-order valence-corrected chi connectivity index (χ4v) is 2.03. The lowest BCUT2D eigenvalue weighted by atomic mass is 10.0. The molecule has 1 unspecified atom stereocenters. The van der Waals surface area contributed by atoms with Gasteiger partial charge in [0.2, 0.25) is 0 Å². The highest BCUT2D eigenvalue weighted by Crippen LogP contribution is 2.22. The van der Waals surface area contributed by atoms with Gasteiger partial charge < -0.3 is 4.74 Å². The van der Waals surface area contributed by atoms with E-state index in [-0.39, 0.29) is 12.1 Å². The molecule has 0 fully saturated rings. The second-order valence-electron chi connectivity index (χ2n) is 4.70. The van der Waals surface area contributed by atoms with Gasteiger partial charge in [0.05, 0.1) is 0 Å². The van der Waals surface area contributed by atoms with Gasteiger partial charge in [0.25, 0.3) is 0 Å². The Kier molecular flexibility index (Phi) is 4.35. The smallest absolute Gasteiger partial charge is 0.303 e. The fourth-order valence-electron chi connectivity index (χ4n) is 2.03. The number of hydrogen-bond acceptors (Lipinski definition) is 2. The van der Waals surface area contributed by atoms with Gasteiger partial charge in [0, 0.05) is 13.3 Å². The van der Waals surface area contributed by atoms with E-state index in [1.807, 2.05) is 30.3 Å². The maximum Gasteiger partial charge on any atom is 0.303 e. The predicted molar refractivity (Wildman–Crippen MR) is 75.8 cm³/mol. The van der Waals surface area contributed by atoms with E-state index >= 15 is 0 Å². The number of ether oxygens (including phenoxy) is 1. The number of esters is 1. The van der Waals surface area contributed by atoms with Crippen LogP contribution in [0.2, 0.25) is 0 Å². The summed E-state index contributed by atoms with van der Waals surface area (Å²) < 4.78 is 5.43. The minimum absolute atomic E-state index is 0.221. The van der Waals surface area contributed by atoms with E-state index in [0.717, 1.165) is 5.56 Å². The van der Waals surface area contributed by atoms with Crippen molar-refractivity contribution in [1.82, 2.24) is 0 Å². The molecule has 0 bridgehead atoms. The summed E-state index contributed by atoms with van der Waals surface area (Å²) >= 11 is 0. The highest BCUT2D eigenvalue weighted by molar-refractivity contribution is 5.66. The van der Waals surface area contributed by atoms with Gasteiger partial charge in [0.15, 0.2) is 0 Å². The van der Waals surface area contributed by atoms with Crippen molar-refractivity contribution in [3.05, 3.63) is 71.3 Å². The van der Waals surface area contributed by atoms with Gasteiger partial charge in [-0.05, 0) is 18.1 Å². The van der Waals surface area contributed by atoms with Crippen LogP contribution in [0.15, 0.2) is 54.6 Å². The molecular weight excluding hydrogens is 236 g/mol. The van der Waals surface area contributed by atoms with Crippen molar-refractivity contribution >= 4 is 5.97 Å². The van der Waals surface area contributed by atoms with Gasteiger partial charge >= 0.3 is 5.97 Å². The SMILES string of the molecule is CC(=O)OC(Cc1ccc(C)cc1)c1ccccc1. The Hall–Kier alpha value is -2.09. The summed E-state index contributed by atoms with van der Waals surface area (Å²) in [5.74, 6) is -0.249. The van der Waals surface area contributed by atoms with Crippen LogP contribution in [0.25, 0.3) is 0 Å². The monoisotopic (exact) mass is 254 g/mol. The standard InChI is InChI=1S/C17H18O2/c1-13-8-10-15(11-9-13)12-17(19-14(2)18)16-6-4-3-5-7-16/h3-11,17H,12H2,1-2H3. The molecular formula is C17H18O2. The minimum atomic E-state index is -0.249. The number of benzene rings is 2. The number of aryl methyl sites for hydroxylation is 1. The Morgan fingerprint density at radius 2 is 1.68 bits per heavy atom. The molecule has 19 heavy (non-hydrogen) atoms. The summed E-state index contributed by atoms with van der Waals surface area (Å²) in [5.41, 5.74) is 3.42. The van der Waals surface area contributed by atoms with Crippen LogP contribution in [0, 0.1) is 6.92 Å². The molecule has 2 nitrogen and oxygen atoms in total. The highest BCUT2D eigenvalue weighted by Gasteiger charge is 2.15. The normalized spacial score (nSPS) is 11.9. The van der Waals surface area contributed by atoms with E-state index in [4.69, 9.17) is 4.74 Å². The molecule has 2 aromatic rings. The van der Waals surface area contributed by atoms with Gasteiger partial charge in [-0.3, -0.25) is 4.79 Å². The average Bonchev–Trinajstić information content (AvgIpc) is 2.41. The Labute approximate surface area is 114 Å². The Morgan fingerprint density at radius 1 is 1.05 bits per heavy atom. The molecule has 98 valence electrons. The largest absolute Gasteiger partial charge is 0.457 e. The second-order valence-corrected chi connectivity index (χ2v) is 4.70. The Balaban J connectivity index is 2.19. The van der Waals surface area contributed by atoms with E-state index < -0.39 is 0 Å². The van der Waals surface area contributed by atoms with Crippen molar-refractivity contribution in [2.75, 3.05) is 0 Å². The predicted octanol–water partition coefficient (Wildman–Crippen LogP) is 3.84.